The van der Waals surface area contributed by atoms with Crippen molar-refractivity contribution in [1.29, 1.82) is 0 Å². The summed E-state index contributed by atoms with van der Waals surface area (Å²) in [5.74, 6) is 0. The molecule has 1 unspecified atom stereocenters. The van der Waals surface area contributed by atoms with Gasteiger partial charge in [0.2, 0.25) is 0 Å². The van der Waals surface area contributed by atoms with Crippen molar-refractivity contribution in [3.8, 4) is 0 Å². The number of nitrogens with zero attached hydrogens (tertiary/aromatic N) is 1. The van der Waals surface area contributed by atoms with Crippen LogP contribution >= 0.6 is 0 Å². The molecule has 4 nitrogen and oxygen atoms in total. The molecule has 1 aromatic rings. The number of benzene rings is 1. The fourth-order valence-electron chi connectivity index (χ4n) is 2.14. The molecule has 0 aromatic heterocycles. The number of hydrogen-bond donors (Lipinski definition) is 1. The Morgan fingerprint density at radius 1 is 1.33 bits per heavy atom. The first kappa shape index (κ1) is 18.1. The highest BCUT2D eigenvalue weighted by Gasteiger charge is 2.32. The van der Waals surface area contributed by atoms with E-state index in [1.807, 2.05) is 38.4 Å². The van der Waals surface area contributed by atoms with E-state index >= 15 is 0 Å². The Hall–Kier alpha value is -0.915. The Morgan fingerprint density at radius 2 is 1.86 bits per heavy atom. The predicted molar refractivity (Wildman–Crippen MR) is 86.0 cm³/mol. The molecule has 0 spiro atoms. The van der Waals surface area contributed by atoms with Gasteiger partial charge in [-0.3, -0.25) is 0 Å². The van der Waals surface area contributed by atoms with Crippen LogP contribution in [0.2, 0.25) is 6.82 Å². The largest absolute Gasteiger partial charge is 0.279 e. The maximum absolute atomic E-state index is 14.1. The van der Waals surface area contributed by atoms with E-state index in [-0.39, 0.29) is 6.42 Å². The van der Waals surface area contributed by atoms with E-state index in [9.17, 15) is 12.8 Å². The molecule has 0 aliphatic heterocycles. The van der Waals surface area contributed by atoms with E-state index in [4.69, 9.17) is 0 Å². The number of alkyl halides is 1. The second-order valence-corrected chi connectivity index (χ2v) is 7.55. The predicted octanol–water partition coefficient (Wildman–Crippen LogP) is 1.64. The second kappa shape index (κ2) is 6.90. The molecule has 0 heterocycles. The summed E-state index contributed by atoms with van der Waals surface area (Å²) in [7, 11) is 1.13. The van der Waals surface area contributed by atoms with Crippen LogP contribution in [0.1, 0.15) is 31.9 Å². The first-order valence-electron chi connectivity index (χ1n) is 6.85. The zero-order chi connectivity index (χ0) is 16.3. The van der Waals surface area contributed by atoms with Gasteiger partial charge < -0.3 is 0 Å². The van der Waals surface area contributed by atoms with Crippen LogP contribution in [-0.2, 0) is 10.2 Å². The third kappa shape index (κ3) is 5.09. The summed E-state index contributed by atoms with van der Waals surface area (Å²) in [6, 6.07) is 6.91. The van der Waals surface area contributed by atoms with Crippen LogP contribution in [0.4, 0.5) is 4.39 Å². The summed E-state index contributed by atoms with van der Waals surface area (Å²) in [6.07, 6.45) is 0.0829. The van der Waals surface area contributed by atoms with Gasteiger partial charge in [0.25, 0.3) is 10.2 Å². The zero-order valence-electron chi connectivity index (χ0n) is 13.2. The Morgan fingerprint density at radius 3 is 2.24 bits per heavy atom. The summed E-state index contributed by atoms with van der Waals surface area (Å²) in [4.78, 5) is 0. The molecule has 0 aliphatic carbocycles. The quantitative estimate of drug-likeness (QED) is 0.778. The van der Waals surface area contributed by atoms with Gasteiger partial charge in [-0.15, -0.1) is 0 Å². The minimum Gasteiger partial charge on any atom is -0.244 e. The van der Waals surface area contributed by atoms with Gasteiger partial charge in [0.05, 0.1) is 6.04 Å². The van der Waals surface area contributed by atoms with Crippen molar-refractivity contribution in [3.05, 3.63) is 29.8 Å². The Balaban J connectivity index is 3.18. The fraction of sp³-hybridized carbons (Fsp3) is 0.571. The second-order valence-electron chi connectivity index (χ2n) is 5.62. The van der Waals surface area contributed by atoms with Crippen molar-refractivity contribution in [2.45, 2.75) is 38.8 Å². The fourth-order valence-corrected chi connectivity index (χ4v) is 2.96. The standard InChI is InChI=1S/C14H23BFN2O2S/c1-14(2,16)10-13(18(5)21(19,20)17-4)11-6-8-12(15-3)9-7-11/h6-9,13,17H,10H2,1-5H3. The molecule has 1 radical (unpaired) electrons. The molecule has 0 bridgehead atoms. The van der Waals surface area contributed by atoms with Gasteiger partial charge in [0, 0.05) is 20.5 Å². The molecule has 0 saturated carbocycles. The van der Waals surface area contributed by atoms with Crippen molar-refractivity contribution in [1.82, 2.24) is 9.03 Å². The molecule has 21 heavy (non-hydrogen) atoms. The molecule has 0 saturated heterocycles. The Bertz CT molecular complexity index is 555. The minimum atomic E-state index is -3.62. The molecule has 0 amide bonds. The van der Waals surface area contributed by atoms with Gasteiger partial charge in [0.15, 0.2) is 0 Å². The van der Waals surface area contributed by atoms with Crippen LogP contribution in [0.15, 0.2) is 24.3 Å². The highest BCUT2D eigenvalue weighted by molar-refractivity contribution is 7.87. The van der Waals surface area contributed by atoms with Crippen molar-refractivity contribution >= 4 is 23.0 Å². The monoisotopic (exact) mass is 313 g/mol. The molecule has 1 aromatic carbocycles. The lowest BCUT2D eigenvalue weighted by Gasteiger charge is -2.31. The van der Waals surface area contributed by atoms with Crippen LogP contribution in [0.5, 0.6) is 0 Å². The van der Waals surface area contributed by atoms with Gasteiger partial charge in [-0.05, 0) is 19.4 Å². The average Bonchev–Trinajstić information content (AvgIpc) is 2.43. The number of halogens is 1. The van der Waals surface area contributed by atoms with Crippen molar-refractivity contribution in [2.75, 3.05) is 14.1 Å². The number of hydrogen-bond acceptors (Lipinski definition) is 2. The third-order valence-corrected chi connectivity index (χ3v) is 4.94. The van der Waals surface area contributed by atoms with Gasteiger partial charge in [-0.1, -0.05) is 36.6 Å². The van der Waals surface area contributed by atoms with E-state index in [1.54, 1.807) is 0 Å². The normalized spacial score (nSPS) is 14.2. The highest BCUT2D eigenvalue weighted by atomic mass is 32.2. The van der Waals surface area contributed by atoms with Gasteiger partial charge in [-0.25, -0.2) is 9.11 Å². The van der Waals surface area contributed by atoms with Crippen molar-refractivity contribution in [3.63, 3.8) is 0 Å². The molecule has 0 aliphatic rings. The summed E-state index contributed by atoms with van der Waals surface area (Å²) in [5, 5.41) is 0. The van der Waals surface area contributed by atoms with E-state index < -0.39 is 21.9 Å². The first-order chi connectivity index (χ1) is 9.60. The molecular formula is C14H23BFN2O2S. The minimum absolute atomic E-state index is 0.0829. The topological polar surface area (TPSA) is 49.4 Å². The lowest BCUT2D eigenvalue weighted by Crippen LogP contribution is -2.40. The van der Waals surface area contributed by atoms with Crippen LogP contribution in [0, 0.1) is 0 Å². The lowest BCUT2D eigenvalue weighted by atomic mass is 9.73. The maximum Gasteiger partial charge on any atom is 0.279 e. The molecule has 1 atom stereocenters. The van der Waals surface area contributed by atoms with E-state index in [0.29, 0.717) is 0 Å². The smallest absolute Gasteiger partial charge is 0.244 e. The van der Waals surface area contributed by atoms with Crippen molar-refractivity contribution in [2.24, 2.45) is 0 Å². The summed E-state index contributed by atoms with van der Waals surface area (Å²) in [6.45, 7) is 4.83. The first-order valence-corrected chi connectivity index (χ1v) is 8.29. The van der Waals surface area contributed by atoms with E-state index in [0.717, 1.165) is 11.0 Å². The third-order valence-electron chi connectivity index (χ3n) is 3.41. The molecule has 1 N–H and O–H groups in total. The molecule has 7 heteroatoms. The van der Waals surface area contributed by atoms with Crippen LogP contribution < -0.4 is 10.2 Å². The molecular weight excluding hydrogens is 290 g/mol. The van der Waals surface area contributed by atoms with E-state index in [2.05, 4.69) is 4.72 Å². The number of nitrogens with one attached hydrogen (secondary N) is 1. The molecule has 117 valence electrons. The van der Waals surface area contributed by atoms with Crippen LogP contribution in [0.3, 0.4) is 0 Å². The van der Waals surface area contributed by atoms with Gasteiger partial charge in [0.1, 0.15) is 12.9 Å². The summed E-state index contributed by atoms with van der Waals surface area (Å²) < 4.78 is 41.5. The highest BCUT2D eigenvalue weighted by Crippen LogP contribution is 2.31. The SMILES string of the molecule is C[B]c1ccc(C(CC(C)(C)F)N(C)S(=O)(=O)NC)cc1. The maximum atomic E-state index is 14.1. The van der Waals surface area contributed by atoms with Gasteiger partial charge >= 0.3 is 0 Å². The number of rotatable bonds is 7. The van der Waals surface area contributed by atoms with Crippen LogP contribution in [-0.4, -0.2) is 39.8 Å². The Kier molecular flexibility index (Phi) is 5.96. The molecule has 1 rings (SSSR count). The Labute approximate surface area is 128 Å². The lowest BCUT2D eigenvalue weighted by molar-refractivity contribution is 0.158. The van der Waals surface area contributed by atoms with E-state index in [1.165, 1.54) is 32.2 Å². The summed E-state index contributed by atoms with van der Waals surface area (Å²) >= 11 is 0. The summed E-state index contributed by atoms with van der Waals surface area (Å²) in [5.41, 5.74) is 0.335. The molecule has 0 fully saturated rings. The zero-order valence-corrected chi connectivity index (χ0v) is 14.0. The van der Waals surface area contributed by atoms with Crippen molar-refractivity contribution < 1.29 is 12.8 Å². The van der Waals surface area contributed by atoms with Crippen LogP contribution in [0.25, 0.3) is 0 Å². The van der Waals surface area contributed by atoms with Gasteiger partial charge in [-0.2, -0.15) is 12.7 Å². The average molecular weight is 313 g/mol.